The average molecular weight is 465 g/mol. The number of ether oxygens (including phenoxy) is 1. The molecule has 2 nitrogen and oxygen atoms in total. The number of aliphatic hydroxyl groups is 1. The average Bonchev–Trinajstić information content (AvgIpc) is 2.48. The molecule has 1 aliphatic rings. The molecule has 6 heteroatoms. The predicted molar refractivity (Wildman–Crippen MR) is 92.1 cm³/mol. The maximum atomic E-state index is 10.9. The summed E-state index contributed by atoms with van der Waals surface area (Å²) < 4.78 is 6.64. The molecule has 2 rings (SSSR count). The van der Waals surface area contributed by atoms with E-state index in [0.29, 0.717) is 16.5 Å². The third kappa shape index (κ3) is 3.83. The van der Waals surface area contributed by atoms with E-state index in [1.54, 1.807) is 7.11 Å². The van der Waals surface area contributed by atoms with E-state index in [1.807, 2.05) is 24.3 Å². The zero-order valence-electron chi connectivity index (χ0n) is 11.8. The standard InChI is InChI=1S/C15H19Cl3O2Te/c1-20-12-5-7-13(8-6-12)21(17,18)14(11-16)15(19)9-3-2-4-10-15/h5-8,11,19H,2-4,9-10H2,1H3. The van der Waals surface area contributed by atoms with Gasteiger partial charge >= 0.3 is 143 Å². The van der Waals surface area contributed by atoms with Crippen molar-refractivity contribution in [3.05, 3.63) is 33.4 Å². The van der Waals surface area contributed by atoms with Crippen molar-refractivity contribution in [2.75, 3.05) is 7.11 Å². The molecule has 1 aromatic carbocycles. The quantitative estimate of drug-likeness (QED) is 0.677. The van der Waals surface area contributed by atoms with Crippen LogP contribution in [0.3, 0.4) is 0 Å². The number of hydrogen-bond acceptors (Lipinski definition) is 2. The summed E-state index contributed by atoms with van der Waals surface area (Å²) in [6.45, 7) is 0. The Kier molecular flexibility index (Phi) is 6.16. The summed E-state index contributed by atoms with van der Waals surface area (Å²) in [5, 5.41) is 10.9. The van der Waals surface area contributed by atoms with Crippen molar-refractivity contribution in [2.24, 2.45) is 0 Å². The molecule has 1 fully saturated rings. The molecule has 1 aliphatic carbocycles. The normalized spacial score (nSPS) is 20.1. The molecule has 0 heterocycles. The molecule has 0 radical (unpaired) electrons. The minimum atomic E-state index is -3.65. The van der Waals surface area contributed by atoms with Crippen LogP contribution in [0, 0.1) is 0 Å². The Balaban J connectivity index is 2.34. The number of benzene rings is 1. The van der Waals surface area contributed by atoms with E-state index in [1.165, 1.54) is 5.54 Å². The number of hydrogen-bond donors (Lipinski definition) is 1. The van der Waals surface area contributed by atoms with Gasteiger partial charge in [0.15, 0.2) is 0 Å². The molecule has 1 aromatic rings. The van der Waals surface area contributed by atoms with E-state index in [4.69, 9.17) is 34.3 Å². The fraction of sp³-hybridized carbons (Fsp3) is 0.467. The topological polar surface area (TPSA) is 29.5 Å². The first-order chi connectivity index (χ1) is 9.94. The summed E-state index contributed by atoms with van der Waals surface area (Å²) in [6.07, 6.45) is 4.43. The van der Waals surface area contributed by atoms with Crippen LogP contribution in [0.25, 0.3) is 0 Å². The molecule has 0 amide bonds. The van der Waals surface area contributed by atoms with Crippen LogP contribution in [0.1, 0.15) is 32.1 Å². The maximum absolute atomic E-state index is 10.9. The predicted octanol–water partition coefficient (Wildman–Crippen LogP) is 4.18. The van der Waals surface area contributed by atoms with Gasteiger partial charge in [-0.15, -0.1) is 0 Å². The first-order valence-corrected chi connectivity index (χ1v) is 15.5. The Bertz CT molecular complexity index is 508. The second-order valence-electron chi connectivity index (χ2n) is 5.21. The number of methoxy groups -OCH3 is 1. The molecular weight excluding hydrogens is 446 g/mol. The molecule has 0 aliphatic heterocycles. The van der Waals surface area contributed by atoms with E-state index in [2.05, 4.69) is 0 Å². The molecule has 1 saturated carbocycles. The number of rotatable bonds is 4. The van der Waals surface area contributed by atoms with Crippen LogP contribution in [0.15, 0.2) is 33.4 Å². The van der Waals surface area contributed by atoms with Gasteiger partial charge in [0, 0.05) is 0 Å². The Morgan fingerprint density at radius 2 is 1.76 bits per heavy atom. The van der Waals surface area contributed by atoms with Gasteiger partial charge in [0.1, 0.15) is 0 Å². The Morgan fingerprint density at radius 3 is 2.24 bits per heavy atom. The second kappa shape index (κ2) is 7.30. The van der Waals surface area contributed by atoms with Crippen molar-refractivity contribution in [1.29, 1.82) is 0 Å². The van der Waals surface area contributed by atoms with Gasteiger partial charge in [0.25, 0.3) is 0 Å². The molecule has 0 aromatic heterocycles. The zero-order chi connectivity index (χ0) is 15.5. The van der Waals surface area contributed by atoms with Crippen molar-refractivity contribution in [3.8, 4) is 5.75 Å². The van der Waals surface area contributed by atoms with Gasteiger partial charge in [-0.1, -0.05) is 0 Å². The monoisotopic (exact) mass is 466 g/mol. The molecule has 1 N–H and O–H groups in total. The molecule has 0 atom stereocenters. The van der Waals surface area contributed by atoms with Crippen molar-refractivity contribution in [2.45, 2.75) is 37.7 Å². The minimum absolute atomic E-state index is 0.639. The van der Waals surface area contributed by atoms with Gasteiger partial charge in [-0.2, -0.15) is 0 Å². The third-order valence-electron chi connectivity index (χ3n) is 3.87. The first-order valence-electron chi connectivity index (χ1n) is 6.84. The van der Waals surface area contributed by atoms with Crippen molar-refractivity contribution in [3.63, 3.8) is 0 Å². The van der Waals surface area contributed by atoms with Crippen LogP contribution in [0.4, 0.5) is 0 Å². The van der Waals surface area contributed by atoms with Crippen molar-refractivity contribution < 1.29 is 9.84 Å². The summed E-state index contributed by atoms with van der Waals surface area (Å²) in [6, 6.07) is 7.40. The molecule has 21 heavy (non-hydrogen) atoms. The van der Waals surface area contributed by atoms with Crippen LogP contribution in [0.5, 0.6) is 5.75 Å². The van der Waals surface area contributed by atoms with E-state index < -0.39 is 21.5 Å². The van der Waals surface area contributed by atoms with Crippen molar-refractivity contribution >= 4 is 49.1 Å². The molecule has 118 valence electrons. The fourth-order valence-corrected chi connectivity index (χ4v) is 12.6. The molecule has 0 unspecified atom stereocenters. The summed E-state index contributed by atoms with van der Waals surface area (Å²) in [5.41, 5.74) is 0.460. The number of halogens is 3. The zero-order valence-corrected chi connectivity index (χ0v) is 16.4. The SMILES string of the molecule is COc1ccc([Te](Cl)(Cl)C(=CCl)C2(O)CCCCC2)cc1. The van der Waals surface area contributed by atoms with E-state index in [-0.39, 0.29) is 0 Å². The first kappa shape index (κ1) is 17.7. The van der Waals surface area contributed by atoms with Crippen molar-refractivity contribution in [1.82, 2.24) is 0 Å². The molecule has 0 bridgehead atoms. The van der Waals surface area contributed by atoms with E-state index >= 15 is 0 Å². The van der Waals surface area contributed by atoms with Crippen LogP contribution >= 0.6 is 29.5 Å². The third-order valence-corrected chi connectivity index (χ3v) is 14.6. The molecule has 0 spiro atoms. The summed E-state index contributed by atoms with van der Waals surface area (Å²) in [4.78, 5) is 0. The van der Waals surface area contributed by atoms with Gasteiger partial charge in [0.2, 0.25) is 0 Å². The van der Waals surface area contributed by atoms with Crippen LogP contribution in [0.2, 0.25) is 0 Å². The van der Waals surface area contributed by atoms with Gasteiger partial charge in [0.05, 0.1) is 0 Å². The second-order valence-corrected chi connectivity index (χ2v) is 18.0. The van der Waals surface area contributed by atoms with Gasteiger partial charge in [-0.3, -0.25) is 0 Å². The Morgan fingerprint density at radius 1 is 1.19 bits per heavy atom. The van der Waals surface area contributed by atoms with Crippen LogP contribution in [-0.4, -0.2) is 33.8 Å². The van der Waals surface area contributed by atoms with Crippen LogP contribution in [-0.2, 0) is 0 Å². The fourth-order valence-electron chi connectivity index (χ4n) is 2.65. The molecular formula is C15H19Cl3O2Te. The summed E-state index contributed by atoms with van der Waals surface area (Å²) >= 11 is 2.36. The van der Waals surface area contributed by atoms with Gasteiger partial charge in [-0.25, -0.2) is 0 Å². The molecule has 0 saturated heterocycles. The Labute approximate surface area is 142 Å². The Hall–Kier alpha value is 0.380. The van der Waals surface area contributed by atoms with E-state index in [9.17, 15) is 5.11 Å². The van der Waals surface area contributed by atoms with Crippen LogP contribution < -0.4 is 8.35 Å². The van der Waals surface area contributed by atoms with E-state index in [0.717, 1.165) is 28.6 Å². The van der Waals surface area contributed by atoms with Gasteiger partial charge < -0.3 is 0 Å². The van der Waals surface area contributed by atoms with Gasteiger partial charge in [-0.05, 0) is 0 Å². The summed E-state index contributed by atoms with van der Waals surface area (Å²) in [5.74, 6) is 0.749. The summed E-state index contributed by atoms with van der Waals surface area (Å²) in [7, 11) is 15.1.